The van der Waals surface area contributed by atoms with Gasteiger partial charge in [0.15, 0.2) is 0 Å². The van der Waals surface area contributed by atoms with E-state index < -0.39 is 0 Å². The van der Waals surface area contributed by atoms with Gasteiger partial charge in [0.05, 0.1) is 0 Å². The minimum absolute atomic E-state index is 0. The second-order valence-corrected chi connectivity index (χ2v) is 4.07. The van der Waals surface area contributed by atoms with Crippen LogP contribution in [0.1, 0.15) is 0 Å². The molecule has 0 saturated heterocycles. The molecule has 0 fully saturated rings. The molecule has 18 heavy (non-hydrogen) atoms. The fraction of sp³-hybridized carbons (Fsp3) is 0.200. The standard InChI is InChI=1S/C12H10.C3H9N.H2O.H3P/c1-3-7-11(8-4-1)12-9-5-2-6-10-12;1-4(2)3;;/h1-10H;1-3H3;1H2;1H3. The molecule has 0 bridgehead atoms. The summed E-state index contributed by atoms with van der Waals surface area (Å²) in [7, 11) is 6.00. The van der Waals surface area contributed by atoms with E-state index in [4.69, 9.17) is 0 Å². The van der Waals surface area contributed by atoms with Crippen LogP contribution in [0.4, 0.5) is 0 Å². The highest BCUT2D eigenvalue weighted by atomic mass is 31.0. The van der Waals surface area contributed by atoms with Gasteiger partial charge in [-0.3, -0.25) is 0 Å². The molecular formula is C15H24NOP. The molecule has 2 aromatic rings. The second-order valence-electron chi connectivity index (χ2n) is 4.07. The van der Waals surface area contributed by atoms with Crippen LogP contribution < -0.4 is 0 Å². The molecule has 0 radical (unpaired) electrons. The summed E-state index contributed by atoms with van der Waals surface area (Å²) in [5.74, 6) is 0. The van der Waals surface area contributed by atoms with E-state index in [0.29, 0.717) is 0 Å². The normalized spacial score (nSPS) is 8.44. The van der Waals surface area contributed by atoms with Crippen LogP contribution >= 0.6 is 9.90 Å². The van der Waals surface area contributed by atoms with E-state index >= 15 is 0 Å². The van der Waals surface area contributed by atoms with Crippen LogP contribution in [-0.4, -0.2) is 31.5 Å². The Labute approximate surface area is 114 Å². The van der Waals surface area contributed by atoms with Crippen molar-refractivity contribution in [3.05, 3.63) is 60.7 Å². The Morgan fingerprint density at radius 1 is 0.611 bits per heavy atom. The van der Waals surface area contributed by atoms with E-state index in [1.165, 1.54) is 11.1 Å². The average Bonchev–Trinajstić information content (AvgIpc) is 2.31. The minimum Gasteiger partial charge on any atom is -0.412 e. The topological polar surface area (TPSA) is 34.7 Å². The first-order chi connectivity index (χ1) is 7.70. The first kappa shape index (κ1) is 19.1. The Morgan fingerprint density at radius 3 is 1.06 bits per heavy atom. The Morgan fingerprint density at radius 2 is 0.833 bits per heavy atom. The zero-order valence-corrected chi connectivity index (χ0v) is 12.8. The molecular weight excluding hydrogens is 241 g/mol. The van der Waals surface area contributed by atoms with E-state index in [-0.39, 0.29) is 15.4 Å². The van der Waals surface area contributed by atoms with Crippen molar-refractivity contribution < 1.29 is 5.48 Å². The van der Waals surface area contributed by atoms with Crippen molar-refractivity contribution in [2.24, 2.45) is 0 Å². The van der Waals surface area contributed by atoms with Gasteiger partial charge in [0, 0.05) is 0 Å². The Bertz CT molecular complexity index is 349. The van der Waals surface area contributed by atoms with Crippen LogP contribution in [0.2, 0.25) is 0 Å². The van der Waals surface area contributed by atoms with Crippen LogP contribution in [0.5, 0.6) is 0 Å². The molecule has 0 heterocycles. The van der Waals surface area contributed by atoms with Gasteiger partial charge in [-0.25, -0.2) is 0 Å². The van der Waals surface area contributed by atoms with Gasteiger partial charge in [-0.1, -0.05) is 60.7 Å². The lowest BCUT2D eigenvalue weighted by molar-refractivity contribution is 0.505. The summed E-state index contributed by atoms with van der Waals surface area (Å²) in [6.07, 6.45) is 0. The van der Waals surface area contributed by atoms with Gasteiger partial charge in [0.1, 0.15) is 0 Å². The van der Waals surface area contributed by atoms with Crippen LogP contribution in [0.15, 0.2) is 60.7 Å². The maximum Gasteiger partial charge on any atom is -0.0140 e. The predicted octanol–water partition coefficient (Wildman–Crippen LogP) is 2.76. The van der Waals surface area contributed by atoms with E-state index in [2.05, 4.69) is 48.5 Å². The van der Waals surface area contributed by atoms with Crippen LogP contribution in [0.3, 0.4) is 0 Å². The Hall–Kier alpha value is -1.21. The third-order valence-corrected chi connectivity index (χ3v) is 1.88. The zero-order valence-electron chi connectivity index (χ0n) is 11.4. The Balaban J connectivity index is 0. The molecule has 3 heteroatoms. The summed E-state index contributed by atoms with van der Waals surface area (Å²) < 4.78 is 0. The predicted molar refractivity (Wildman–Crippen MR) is 86.2 cm³/mol. The molecule has 0 spiro atoms. The molecule has 0 amide bonds. The molecule has 0 aromatic heterocycles. The summed E-state index contributed by atoms with van der Waals surface area (Å²) in [5, 5.41) is 0. The highest BCUT2D eigenvalue weighted by molar-refractivity contribution is 6.92. The highest BCUT2D eigenvalue weighted by Gasteiger charge is 1.91. The lowest BCUT2D eigenvalue weighted by Gasteiger charge is -1.98. The molecule has 0 aliphatic carbocycles. The number of hydrogen-bond donors (Lipinski definition) is 0. The van der Waals surface area contributed by atoms with Gasteiger partial charge in [-0.15, -0.1) is 0 Å². The molecule has 2 N–H and O–H groups in total. The fourth-order valence-corrected chi connectivity index (χ4v) is 1.26. The van der Waals surface area contributed by atoms with E-state index in [1.807, 2.05) is 38.2 Å². The highest BCUT2D eigenvalue weighted by Crippen LogP contribution is 2.17. The summed E-state index contributed by atoms with van der Waals surface area (Å²) >= 11 is 0. The molecule has 0 aliphatic heterocycles. The third-order valence-electron chi connectivity index (χ3n) is 1.88. The number of rotatable bonds is 1. The number of benzene rings is 2. The Kier molecular flexibility index (Phi) is 11.6. The van der Waals surface area contributed by atoms with Gasteiger partial charge in [0.2, 0.25) is 0 Å². The lowest BCUT2D eigenvalue weighted by Crippen LogP contribution is -1.99. The fourth-order valence-electron chi connectivity index (χ4n) is 1.26. The van der Waals surface area contributed by atoms with Crippen LogP contribution in [-0.2, 0) is 0 Å². The van der Waals surface area contributed by atoms with Crippen molar-refractivity contribution in [2.75, 3.05) is 21.1 Å². The summed E-state index contributed by atoms with van der Waals surface area (Å²) in [6.45, 7) is 0. The van der Waals surface area contributed by atoms with Crippen LogP contribution in [0.25, 0.3) is 11.1 Å². The summed E-state index contributed by atoms with van der Waals surface area (Å²) in [6, 6.07) is 20.8. The van der Waals surface area contributed by atoms with Gasteiger partial charge >= 0.3 is 0 Å². The van der Waals surface area contributed by atoms with Crippen molar-refractivity contribution in [2.45, 2.75) is 0 Å². The minimum atomic E-state index is 0. The largest absolute Gasteiger partial charge is 0.412 e. The van der Waals surface area contributed by atoms with E-state index in [0.717, 1.165) is 0 Å². The molecule has 100 valence electrons. The third kappa shape index (κ3) is 7.97. The van der Waals surface area contributed by atoms with Gasteiger partial charge in [-0.2, -0.15) is 9.90 Å². The monoisotopic (exact) mass is 265 g/mol. The van der Waals surface area contributed by atoms with Crippen molar-refractivity contribution in [3.63, 3.8) is 0 Å². The first-order valence-corrected chi connectivity index (χ1v) is 5.41. The van der Waals surface area contributed by atoms with Gasteiger partial charge < -0.3 is 10.4 Å². The molecule has 1 unspecified atom stereocenters. The van der Waals surface area contributed by atoms with Gasteiger partial charge in [-0.05, 0) is 32.3 Å². The molecule has 2 rings (SSSR count). The SMILES string of the molecule is CN(C)C.O.P.c1ccc(-c2ccccc2)cc1. The molecule has 0 aliphatic rings. The smallest absolute Gasteiger partial charge is 0.0140 e. The summed E-state index contributed by atoms with van der Waals surface area (Å²) in [5.41, 5.74) is 2.55. The van der Waals surface area contributed by atoms with Crippen molar-refractivity contribution in [1.29, 1.82) is 0 Å². The second kappa shape index (κ2) is 10.9. The molecule has 0 saturated carbocycles. The van der Waals surface area contributed by atoms with Crippen molar-refractivity contribution >= 4 is 9.90 Å². The maximum atomic E-state index is 2.12. The molecule has 2 aromatic carbocycles. The average molecular weight is 265 g/mol. The zero-order chi connectivity index (χ0) is 11.8. The molecule has 2 nitrogen and oxygen atoms in total. The number of nitrogens with zero attached hydrogens (tertiary/aromatic N) is 1. The first-order valence-electron chi connectivity index (χ1n) is 5.41. The lowest BCUT2D eigenvalue weighted by atomic mass is 10.1. The maximum absolute atomic E-state index is 2.12. The van der Waals surface area contributed by atoms with E-state index in [9.17, 15) is 0 Å². The van der Waals surface area contributed by atoms with Crippen molar-refractivity contribution in [3.8, 4) is 11.1 Å². The molecule has 1 atom stereocenters. The quantitative estimate of drug-likeness (QED) is 0.730. The van der Waals surface area contributed by atoms with E-state index in [1.54, 1.807) is 0 Å². The van der Waals surface area contributed by atoms with Crippen LogP contribution in [0, 0.1) is 0 Å². The summed E-state index contributed by atoms with van der Waals surface area (Å²) in [4.78, 5) is 2.00. The van der Waals surface area contributed by atoms with Gasteiger partial charge in [0.25, 0.3) is 0 Å². The number of hydrogen-bond acceptors (Lipinski definition) is 1. The van der Waals surface area contributed by atoms with Crippen molar-refractivity contribution in [1.82, 2.24) is 4.90 Å².